The molecule has 4 nitrogen and oxygen atoms in total. The number of hydrogen-bond donors (Lipinski definition) is 1. The molecular weight excluding hydrogens is 272 g/mol. The van der Waals surface area contributed by atoms with Crippen LogP contribution in [0.25, 0.3) is 0 Å². The number of halogens is 1. The SMILES string of the molecule is CCN(CC(=O)O)c1ccc(C#N)c(Br)c1. The predicted octanol–water partition coefficient (Wildman–Crippen LogP) is 2.23. The van der Waals surface area contributed by atoms with Gasteiger partial charge in [0.1, 0.15) is 12.6 Å². The highest BCUT2D eigenvalue weighted by Crippen LogP contribution is 2.23. The molecule has 84 valence electrons. The summed E-state index contributed by atoms with van der Waals surface area (Å²) in [5.41, 5.74) is 1.32. The van der Waals surface area contributed by atoms with Crippen molar-refractivity contribution in [2.45, 2.75) is 6.92 Å². The molecule has 0 aliphatic rings. The highest BCUT2D eigenvalue weighted by atomic mass is 79.9. The lowest BCUT2D eigenvalue weighted by atomic mass is 10.2. The highest BCUT2D eigenvalue weighted by Gasteiger charge is 2.10. The van der Waals surface area contributed by atoms with Crippen molar-refractivity contribution in [3.05, 3.63) is 28.2 Å². The van der Waals surface area contributed by atoms with Crippen LogP contribution in [-0.2, 0) is 4.79 Å². The Kier molecular flexibility index (Phi) is 4.32. The number of carboxylic acids is 1. The van der Waals surface area contributed by atoms with Crippen molar-refractivity contribution in [1.82, 2.24) is 0 Å². The van der Waals surface area contributed by atoms with Crippen LogP contribution < -0.4 is 4.90 Å². The Morgan fingerprint density at radius 2 is 2.31 bits per heavy atom. The van der Waals surface area contributed by atoms with Crippen LogP contribution in [-0.4, -0.2) is 24.2 Å². The summed E-state index contributed by atoms with van der Waals surface area (Å²) in [5.74, 6) is -0.873. The standard InChI is InChI=1S/C11H11BrN2O2/c1-2-14(7-11(15)16)9-4-3-8(6-13)10(12)5-9/h3-5H,2,7H2,1H3,(H,15,16). The average Bonchev–Trinajstić information content (AvgIpc) is 2.25. The lowest BCUT2D eigenvalue weighted by Crippen LogP contribution is -2.29. The summed E-state index contributed by atoms with van der Waals surface area (Å²) in [7, 11) is 0. The number of likely N-dealkylation sites (N-methyl/N-ethyl adjacent to an activating group) is 1. The maximum absolute atomic E-state index is 10.6. The van der Waals surface area contributed by atoms with Crippen molar-refractivity contribution < 1.29 is 9.90 Å². The molecule has 1 aromatic carbocycles. The zero-order chi connectivity index (χ0) is 12.1. The van der Waals surface area contributed by atoms with E-state index in [1.54, 1.807) is 23.1 Å². The van der Waals surface area contributed by atoms with Gasteiger partial charge in [-0.25, -0.2) is 0 Å². The van der Waals surface area contributed by atoms with Crippen LogP contribution in [0.4, 0.5) is 5.69 Å². The van der Waals surface area contributed by atoms with Crippen LogP contribution in [0, 0.1) is 11.3 Å². The second kappa shape index (κ2) is 5.52. The van der Waals surface area contributed by atoms with Gasteiger partial charge in [0.15, 0.2) is 0 Å². The smallest absolute Gasteiger partial charge is 0.323 e. The van der Waals surface area contributed by atoms with Crippen molar-refractivity contribution in [1.29, 1.82) is 5.26 Å². The average molecular weight is 283 g/mol. The van der Waals surface area contributed by atoms with Gasteiger partial charge in [-0.05, 0) is 41.1 Å². The Morgan fingerprint density at radius 3 is 2.75 bits per heavy atom. The zero-order valence-electron chi connectivity index (χ0n) is 8.77. The Labute approximate surface area is 102 Å². The maximum atomic E-state index is 10.6. The maximum Gasteiger partial charge on any atom is 0.323 e. The minimum atomic E-state index is -0.873. The first-order valence-electron chi connectivity index (χ1n) is 4.75. The van der Waals surface area contributed by atoms with Gasteiger partial charge in [-0.15, -0.1) is 0 Å². The number of nitrogens with zero attached hydrogens (tertiary/aromatic N) is 2. The molecule has 1 rings (SSSR count). The highest BCUT2D eigenvalue weighted by molar-refractivity contribution is 9.10. The van der Waals surface area contributed by atoms with Crippen LogP contribution >= 0.6 is 15.9 Å². The summed E-state index contributed by atoms with van der Waals surface area (Å²) in [6, 6.07) is 7.21. The summed E-state index contributed by atoms with van der Waals surface area (Å²) in [6.07, 6.45) is 0. The van der Waals surface area contributed by atoms with Gasteiger partial charge in [0.05, 0.1) is 5.56 Å². The van der Waals surface area contributed by atoms with Crippen molar-refractivity contribution in [3.8, 4) is 6.07 Å². The quantitative estimate of drug-likeness (QED) is 0.920. The molecule has 0 saturated heterocycles. The van der Waals surface area contributed by atoms with Gasteiger partial charge < -0.3 is 10.0 Å². The van der Waals surface area contributed by atoms with Crippen molar-refractivity contribution in [2.75, 3.05) is 18.0 Å². The minimum absolute atomic E-state index is 0.0468. The molecule has 0 saturated carbocycles. The normalized spacial score (nSPS) is 9.56. The topological polar surface area (TPSA) is 64.3 Å². The largest absolute Gasteiger partial charge is 0.480 e. The number of carbonyl (C=O) groups is 1. The van der Waals surface area contributed by atoms with E-state index < -0.39 is 5.97 Å². The molecule has 0 radical (unpaired) electrons. The number of aliphatic carboxylic acids is 1. The van der Waals surface area contributed by atoms with E-state index in [9.17, 15) is 4.79 Å². The second-order valence-corrected chi connectivity index (χ2v) is 4.04. The lowest BCUT2D eigenvalue weighted by Gasteiger charge is -2.21. The van der Waals surface area contributed by atoms with E-state index in [0.717, 1.165) is 5.69 Å². The summed E-state index contributed by atoms with van der Waals surface area (Å²) in [6.45, 7) is 2.44. The first-order chi connectivity index (χ1) is 7.58. The van der Waals surface area contributed by atoms with Crippen LogP contribution in [0.15, 0.2) is 22.7 Å². The number of nitriles is 1. The van der Waals surface area contributed by atoms with E-state index in [4.69, 9.17) is 10.4 Å². The number of anilines is 1. The first kappa shape index (κ1) is 12.5. The fourth-order valence-electron chi connectivity index (χ4n) is 1.34. The fourth-order valence-corrected chi connectivity index (χ4v) is 1.80. The molecule has 0 amide bonds. The van der Waals surface area contributed by atoms with Crippen LogP contribution in [0.1, 0.15) is 12.5 Å². The monoisotopic (exact) mass is 282 g/mol. The molecule has 0 aromatic heterocycles. The third-order valence-corrected chi connectivity index (χ3v) is 2.80. The van der Waals surface area contributed by atoms with E-state index in [2.05, 4.69) is 15.9 Å². The van der Waals surface area contributed by atoms with Gasteiger partial charge in [-0.2, -0.15) is 5.26 Å². The zero-order valence-corrected chi connectivity index (χ0v) is 10.4. The third-order valence-electron chi connectivity index (χ3n) is 2.15. The summed E-state index contributed by atoms with van der Waals surface area (Å²) < 4.78 is 0.677. The van der Waals surface area contributed by atoms with Crippen molar-refractivity contribution >= 4 is 27.6 Å². The predicted molar refractivity (Wildman–Crippen MR) is 64.4 cm³/mol. The minimum Gasteiger partial charge on any atom is -0.480 e. The van der Waals surface area contributed by atoms with Crippen molar-refractivity contribution in [3.63, 3.8) is 0 Å². The number of hydrogen-bond acceptors (Lipinski definition) is 3. The molecule has 0 aliphatic heterocycles. The third kappa shape index (κ3) is 2.97. The Hall–Kier alpha value is -1.54. The van der Waals surface area contributed by atoms with Crippen LogP contribution in [0.5, 0.6) is 0 Å². The van der Waals surface area contributed by atoms with E-state index in [-0.39, 0.29) is 6.54 Å². The van der Waals surface area contributed by atoms with Gasteiger partial charge in [-0.3, -0.25) is 4.79 Å². The first-order valence-corrected chi connectivity index (χ1v) is 5.54. The molecule has 5 heteroatoms. The van der Waals surface area contributed by atoms with Gasteiger partial charge in [-0.1, -0.05) is 0 Å². The van der Waals surface area contributed by atoms with Crippen molar-refractivity contribution in [2.24, 2.45) is 0 Å². The molecule has 1 aromatic rings. The van der Waals surface area contributed by atoms with Gasteiger partial charge in [0.2, 0.25) is 0 Å². The molecule has 0 unspecified atom stereocenters. The van der Waals surface area contributed by atoms with Gasteiger partial charge in [0.25, 0.3) is 0 Å². The van der Waals surface area contributed by atoms with E-state index >= 15 is 0 Å². The Bertz CT molecular complexity index is 440. The molecule has 0 fully saturated rings. The molecule has 1 N–H and O–H groups in total. The second-order valence-electron chi connectivity index (χ2n) is 3.18. The molecule has 0 spiro atoms. The molecule has 16 heavy (non-hydrogen) atoms. The lowest BCUT2D eigenvalue weighted by molar-refractivity contribution is -0.135. The van der Waals surface area contributed by atoms with Crippen LogP contribution in [0.2, 0.25) is 0 Å². The molecule has 0 heterocycles. The van der Waals surface area contributed by atoms with Crippen LogP contribution in [0.3, 0.4) is 0 Å². The fraction of sp³-hybridized carbons (Fsp3) is 0.273. The van der Waals surface area contributed by atoms with Gasteiger partial charge in [0, 0.05) is 16.7 Å². The number of benzene rings is 1. The van der Waals surface area contributed by atoms with E-state index in [1.165, 1.54) is 0 Å². The Balaban J connectivity index is 2.99. The molecule has 0 bridgehead atoms. The Morgan fingerprint density at radius 1 is 1.62 bits per heavy atom. The van der Waals surface area contributed by atoms with Gasteiger partial charge >= 0.3 is 5.97 Å². The molecule has 0 atom stereocenters. The summed E-state index contributed by atoms with van der Waals surface area (Å²) in [4.78, 5) is 12.4. The van der Waals surface area contributed by atoms with E-state index in [0.29, 0.717) is 16.6 Å². The number of rotatable bonds is 4. The molecular formula is C11H11BrN2O2. The number of carboxylic acid groups (broad SMARTS) is 1. The van der Waals surface area contributed by atoms with E-state index in [1.807, 2.05) is 13.0 Å². The summed E-state index contributed by atoms with van der Waals surface area (Å²) >= 11 is 3.27. The summed E-state index contributed by atoms with van der Waals surface area (Å²) in [5, 5.41) is 17.5. The molecule has 0 aliphatic carbocycles.